The lowest BCUT2D eigenvalue weighted by Crippen LogP contribution is -2.49. The largest absolute Gasteiger partial charge is 0.379 e. The Labute approximate surface area is 156 Å². The van der Waals surface area contributed by atoms with Gasteiger partial charge in [0.2, 0.25) is 0 Å². The third kappa shape index (κ3) is 4.92. The predicted molar refractivity (Wildman–Crippen MR) is 102 cm³/mol. The zero-order chi connectivity index (χ0) is 18.4. The van der Waals surface area contributed by atoms with E-state index in [0.29, 0.717) is 11.1 Å². The molecule has 2 aliphatic rings. The van der Waals surface area contributed by atoms with E-state index in [1.54, 1.807) is 24.3 Å². The first-order valence-electron chi connectivity index (χ1n) is 9.77. The molecule has 0 radical (unpaired) electrons. The van der Waals surface area contributed by atoms with Crippen molar-refractivity contribution in [2.75, 3.05) is 39.4 Å². The van der Waals surface area contributed by atoms with Gasteiger partial charge in [0.15, 0.2) is 5.78 Å². The lowest BCUT2D eigenvalue weighted by Gasteiger charge is -2.42. The van der Waals surface area contributed by atoms with Crippen LogP contribution in [0.5, 0.6) is 0 Å². The van der Waals surface area contributed by atoms with Crippen LogP contribution in [0, 0.1) is 5.41 Å². The van der Waals surface area contributed by atoms with Gasteiger partial charge in [-0.25, -0.2) is 0 Å². The van der Waals surface area contributed by atoms with Crippen LogP contribution in [-0.4, -0.2) is 56.0 Å². The van der Waals surface area contributed by atoms with Gasteiger partial charge >= 0.3 is 0 Å². The second-order valence-corrected chi connectivity index (χ2v) is 7.77. The molecule has 1 N–H and O–H groups in total. The monoisotopic (exact) mass is 358 g/mol. The van der Waals surface area contributed by atoms with Crippen molar-refractivity contribution in [3.05, 3.63) is 35.4 Å². The molecule has 1 saturated heterocycles. The first-order valence-corrected chi connectivity index (χ1v) is 9.77. The molecule has 0 bridgehead atoms. The lowest BCUT2D eigenvalue weighted by atomic mass is 9.73. The summed E-state index contributed by atoms with van der Waals surface area (Å²) in [5.41, 5.74) is 1.43. The molecule has 0 unspecified atom stereocenters. The Balaban J connectivity index is 1.61. The molecule has 0 atom stereocenters. The van der Waals surface area contributed by atoms with Crippen molar-refractivity contribution < 1.29 is 14.3 Å². The number of morpholine rings is 1. The van der Waals surface area contributed by atoms with Crippen LogP contribution in [0.3, 0.4) is 0 Å². The van der Waals surface area contributed by atoms with Gasteiger partial charge in [0.25, 0.3) is 5.91 Å². The fourth-order valence-corrected chi connectivity index (χ4v) is 4.15. The summed E-state index contributed by atoms with van der Waals surface area (Å²) in [4.78, 5) is 26.4. The van der Waals surface area contributed by atoms with E-state index >= 15 is 0 Å². The maximum absolute atomic E-state index is 12.6. The third-order valence-electron chi connectivity index (χ3n) is 5.75. The topological polar surface area (TPSA) is 58.6 Å². The Morgan fingerprint density at radius 1 is 1.04 bits per heavy atom. The van der Waals surface area contributed by atoms with Gasteiger partial charge in [0, 0.05) is 42.7 Å². The van der Waals surface area contributed by atoms with E-state index in [4.69, 9.17) is 4.74 Å². The third-order valence-corrected chi connectivity index (χ3v) is 5.75. The molecule has 26 heavy (non-hydrogen) atoms. The van der Waals surface area contributed by atoms with Crippen LogP contribution in [0.15, 0.2) is 24.3 Å². The maximum atomic E-state index is 12.6. The van der Waals surface area contributed by atoms with E-state index in [0.717, 1.165) is 39.4 Å². The fourth-order valence-electron chi connectivity index (χ4n) is 4.15. The Morgan fingerprint density at radius 3 is 2.27 bits per heavy atom. The normalized spacial score (nSPS) is 20.5. The van der Waals surface area contributed by atoms with Crippen molar-refractivity contribution in [2.24, 2.45) is 5.41 Å². The van der Waals surface area contributed by atoms with E-state index < -0.39 is 0 Å². The number of benzene rings is 1. The minimum atomic E-state index is -0.0490. The number of hydrogen-bond acceptors (Lipinski definition) is 4. The molecule has 1 aliphatic heterocycles. The highest BCUT2D eigenvalue weighted by Crippen LogP contribution is 2.36. The van der Waals surface area contributed by atoms with Crippen LogP contribution < -0.4 is 5.32 Å². The number of ketones is 1. The number of Topliss-reactive ketones (excluding diaryl/α,β-unsaturated/α-hetero) is 1. The number of rotatable bonds is 6. The van der Waals surface area contributed by atoms with Crippen molar-refractivity contribution in [3.63, 3.8) is 0 Å². The number of carbonyl (C=O) groups is 2. The number of nitrogens with zero attached hydrogens (tertiary/aromatic N) is 1. The highest BCUT2D eigenvalue weighted by atomic mass is 16.5. The van der Waals surface area contributed by atoms with Gasteiger partial charge in [-0.3, -0.25) is 14.5 Å². The summed E-state index contributed by atoms with van der Waals surface area (Å²) in [7, 11) is 0. The molecule has 0 aromatic heterocycles. The summed E-state index contributed by atoms with van der Waals surface area (Å²) in [5.74, 6) is -0.0318. The molecular weight excluding hydrogens is 328 g/mol. The van der Waals surface area contributed by atoms with Crippen molar-refractivity contribution >= 4 is 11.7 Å². The van der Waals surface area contributed by atoms with Gasteiger partial charge in [-0.2, -0.15) is 0 Å². The summed E-state index contributed by atoms with van der Waals surface area (Å²) in [6, 6.07) is 6.92. The highest BCUT2D eigenvalue weighted by molar-refractivity contribution is 5.97. The number of nitrogens with one attached hydrogen (secondary N) is 1. The Kier molecular flexibility index (Phi) is 6.43. The van der Waals surface area contributed by atoms with Crippen LogP contribution in [0.2, 0.25) is 0 Å². The summed E-state index contributed by atoms with van der Waals surface area (Å²) < 4.78 is 5.47. The zero-order valence-electron chi connectivity index (χ0n) is 15.8. The van der Waals surface area contributed by atoms with Gasteiger partial charge in [-0.05, 0) is 31.9 Å². The number of amides is 1. The molecule has 0 spiro atoms. The van der Waals surface area contributed by atoms with Crippen molar-refractivity contribution in [1.29, 1.82) is 0 Å². The average molecular weight is 358 g/mol. The molecule has 1 heterocycles. The molecule has 1 aromatic rings. The summed E-state index contributed by atoms with van der Waals surface area (Å²) >= 11 is 0. The average Bonchev–Trinajstić information content (AvgIpc) is 2.68. The van der Waals surface area contributed by atoms with Crippen LogP contribution in [0.25, 0.3) is 0 Å². The summed E-state index contributed by atoms with van der Waals surface area (Å²) in [6.07, 6.45) is 6.13. The highest BCUT2D eigenvalue weighted by Gasteiger charge is 2.34. The quantitative estimate of drug-likeness (QED) is 0.795. The Hall–Kier alpha value is -1.72. The molecule has 1 aromatic carbocycles. The van der Waals surface area contributed by atoms with E-state index in [2.05, 4.69) is 10.2 Å². The van der Waals surface area contributed by atoms with Crippen molar-refractivity contribution in [2.45, 2.75) is 39.0 Å². The SMILES string of the molecule is CC(=O)c1ccc(C(=O)NCC2(CN3CCOCC3)CCCCC2)cc1. The van der Waals surface area contributed by atoms with Gasteiger partial charge < -0.3 is 10.1 Å². The maximum Gasteiger partial charge on any atom is 0.251 e. The number of ether oxygens (including phenoxy) is 1. The lowest BCUT2D eigenvalue weighted by molar-refractivity contribution is 0.00728. The standard InChI is InChI=1S/C21H30N2O3/c1-17(24)18-5-7-19(8-6-18)20(25)22-15-21(9-3-2-4-10-21)16-23-11-13-26-14-12-23/h5-8H,2-4,9-16H2,1H3,(H,22,25). The minimum absolute atomic E-state index is 0.0172. The molecule has 2 fully saturated rings. The molecular formula is C21H30N2O3. The zero-order valence-corrected chi connectivity index (χ0v) is 15.8. The first-order chi connectivity index (χ1) is 12.6. The smallest absolute Gasteiger partial charge is 0.251 e. The first kappa shape index (κ1) is 19.1. The van der Waals surface area contributed by atoms with E-state index in [9.17, 15) is 9.59 Å². The molecule has 3 rings (SSSR count). The van der Waals surface area contributed by atoms with E-state index in [1.165, 1.54) is 39.0 Å². The summed E-state index contributed by atoms with van der Waals surface area (Å²) in [5, 5.41) is 3.17. The van der Waals surface area contributed by atoms with Crippen molar-refractivity contribution in [1.82, 2.24) is 10.2 Å². The molecule has 142 valence electrons. The van der Waals surface area contributed by atoms with Crippen LogP contribution in [0.1, 0.15) is 59.7 Å². The molecule has 5 heteroatoms. The van der Waals surface area contributed by atoms with Crippen LogP contribution >= 0.6 is 0 Å². The Bertz CT molecular complexity index is 615. The number of hydrogen-bond donors (Lipinski definition) is 1. The second-order valence-electron chi connectivity index (χ2n) is 7.77. The molecule has 1 amide bonds. The molecule has 1 aliphatic carbocycles. The fraction of sp³-hybridized carbons (Fsp3) is 0.619. The Morgan fingerprint density at radius 2 is 1.65 bits per heavy atom. The van der Waals surface area contributed by atoms with E-state index in [-0.39, 0.29) is 17.1 Å². The minimum Gasteiger partial charge on any atom is -0.379 e. The second kappa shape index (κ2) is 8.78. The molecule has 5 nitrogen and oxygen atoms in total. The summed E-state index contributed by atoms with van der Waals surface area (Å²) in [6.45, 7) is 6.89. The van der Waals surface area contributed by atoms with E-state index in [1.807, 2.05) is 0 Å². The number of carbonyl (C=O) groups excluding carboxylic acids is 2. The van der Waals surface area contributed by atoms with Gasteiger partial charge in [-0.15, -0.1) is 0 Å². The van der Waals surface area contributed by atoms with Gasteiger partial charge in [0.1, 0.15) is 0 Å². The predicted octanol–water partition coefficient (Wildman–Crippen LogP) is 2.90. The van der Waals surface area contributed by atoms with Crippen molar-refractivity contribution in [3.8, 4) is 0 Å². The molecule has 1 saturated carbocycles. The van der Waals surface area contributed by atoms with Crippen LogP contribution in [-0.2, 0) is 4.74 Å². The van der Waals surface area contributed by atoms with Gasteiger partial charge in [0.05, 0.1) is 13.2 Å². The van der Waals surface area contributed by atoms with Crippen LogP contribution in [0.4, 0.5) is 0 Å². The van der Waals surface area contributed by atoms with Gasteiger partial charge in [-0.1, -0.05) is 31.4 Å².